The zero-order chi connectivity index (χ0) is 10.7. The van der Waals surface area contributed by atoms with E-state index < -0.39 is 6.10 Å². The van der Waals surface area contributed by atoms with E-state index in [2.05, 4.69) is 0 Å². The van der Waals surface area contributed by atoms with E-state index in [-0.39, 0.29) is 12.3 Å². The Kier molecular flexibility index (Phi) is 3.02. The minimum absolute atomic E-state index is 0.245. The molecule has 0 aromatic heterocycles. The third kappa shape index (κ3) is 2.36. The summed E-state index contributed by atoms with van der Waals surface area (Å²) in [7, 11) is 0. The van der Waals surface area contributed by atoms with Gasteiger partial charge in [0.2, 0.25) is 6.29 Å². The average molecular weight is 206 g/mol. The number of hydrogen-bond acceptors (Lipinski definition) is 3. The molecule has 0 bridgehead atoms. The minimum Gasteiger partial charge on any atom is -0.434 e. The summed E-state index contributed by atoms with van der Waals surface area (Å²) in [5.74, 6) is -0.245. The first kappa shape index (κ1) is 10.2. The van der Waals surface area contributed by atoms with Crippen LogP contribution in [0.3, 0.4) is 0 Å². The van der Waals surface area contributed by atoms with E-state index in [9.17, 15) is 4.79 Å². The first-order valence-corrected chi connectivity index (χ1v) is 5.19. The van der Waals surface area contributed by atoms with Crippen molar-refractivity contribution in [1.29, 1.82) is 0 Å². The van der Waals surface area contributed by atoms with E-state index in [1.54, 1.807) is 0 Å². The Hall–Kier alpha value is -1.35. The van der Waals surface area contributed by atoms with Gasteiger partial charge in [0.1, 0.15) is 0 Å². The standard InChI is InChI=1S/C12H14O3/c1-2-11-14-10(12(13)15-11)8-9-6-4-3-5-7-9/h3-7,10-11H,2,8H2,1H3/t10-,11?/m0/s1. The fourth-order valence-corrected chi connectivity index (χ4v) is 1.61. The van der Waals surface area contributed by atoms with Crippen LogP contribution in [-0.2, 0) is 20.7 Å². The molecule has 1 aliphatic rings. The number of ether oxygens (including phenoxy) is 2. The zero-order valence-electron chi connectivity index (χ0n) is 8.68. The molecule has 1 saturated heterocycles. The quantitative estimate of drug-likeness (QED) is 0.709. The average Bonchev–Trinajstić information content (AvgIpc) is 2.61. The number of esters is 1. The molecule has 2 rings (SSSR count). The van der Waals surface area contributed by atoms with E-state index in [0.717, 1.165) is 5.56 Å². The van der Waals surface area contributed by atoms with Crippen LogP contribution in [0, 0.1) is 0 Å². The topological polar surface area (TPSA) is 35.5 Å². The van der Waals surface area contributed by atoms with E-state index in [0.29, 0.717) is 12.8 Å². The molecule has 0 N–H and O–H groups in total. The van der Waals surface area contributed by atoms with Crippen molar-refractivity contribution in [3.63, 3.8) is 0 Å². The van der Waals surface area contributed by atoms with Gasteiger partial charge in [-0.15, -0.1) is 0 Å². The van der Waals surface area contributed by atoms with Crippen molar-refractivity contribution in [2.75, 3.05) is 0 Å². The summed E-state index contributed by atoms with van der Waals surface area (Å²) < 4.78 is 10.5. The van der Waals surface area contributed by atoms with Crippen molar-refractivity contribution in [2.24, 2.45) is 0 Å². The Morgan fingerprint density at radius 3 is 2.60 bits per heavy atom. The van der Waals surface area contributed by atoms with Crippen LogP contribution in [0.15, 0.2) is 30.3 Å². The van der Waals surface area contributed by atoms with Gasteiger partial charge in [-0.05, 0) is 5.56 Å². The third-order valence-corrected chi connectivity index (χ3v) is 2.42. The molecule has 80 valence electrons. The number of benzene rings is 1. The lowest BCUT2D eigenvalue weighted by atomic mass is 10.1. The molecule has 3 nitrogen and oxygen atoms in total. The van der Waals surface area contributed by atoms with Gasteiger partial charge >= 0.3 is 5.97 Å². The number of hydrogen-bond donors (Lipinski definition) is 0. The third-order valence-electron chi connectivity index (χ3n) is 2.42. The molecule has 1 aromatic rings. The lowest BCUT2D eigenvalue weighted by Crippen LogP contribution is -2.19. The molecule has 15 heavy (non-hydrogen) atoms. The highest BCUT2D eigenvalue weighted by Crippen LogP contribution is 2.19. The second-order valence-corrected chi connectivity index (χ2v) is 3.59. The van der Waals surface area contributed by atoms with Gasteiger partial charge in [-0.3, -0.25) is 0 Å². The number of carbonyl (C=O) groups is 1. The van der Waals surface area contributed by atoms with E-state index in [1.807, 2.05) is 37.3 Å². The summed E-state index contributed by atoms with van der Waals surface area (Å²) in [6.07, 6.45) is 0.510. The molecule has 3 heteroatoms. The molecule has 0 radical (unpaired) electrons. The second kappa shape index (κ2) is 4.45. The molecule has 0 spiro atoms. The fraction of sp³-hybridized carbons (Fsp3) is 0.417. The van der Waals surface area contributed by atoms with Crippen LogP contribution in [0.2, 0.25) is 0 Å². The van der Waals surface area contributed by atoms with Gasteiger partial charge in [0, 0.05) is 12.8 Å². The molecule has 1 aromatic carbocycles. The lowest BCUT2D eigenvalue weighted by molar-refractivity contribution is -0.143. The summed E-state index contributed by atoms with van der Waals surface area (Å²) in [6.45, 7) is 1.93. The van der Waals surface area contributed by atoms with Gasteiger partial charge in [-0.2, -0.15) is 0 Å². The Labute approximate surface area is 89.0 Å². The van der Waals surface area contributed by atoms with Crippen LogP contribution >= 0.6 is 0 Å². The molecule has 0 aliphatic carbocycles. The van der Waals surface area contributed by atoms with E-state index in [4.69, 9.17) is 9.47 Å². The Bertz CT molecular complexity index is 334. The van der Waals surface area contributed by atoms with Gasteiger partial charge in [0.25, 0.3) is 0 Å². The van der Waals surface area contributed by atoms with Crippen molar-refractivity contribution in [3.05, 3.63) is 35.9 Å². The predicted octanol–water partition coefficient (Wildman–Crippen LogP) is 1.91. The van der Waals surface area contributed by atoms with Crippen LogP contribution in [-0.4, -0.2) is 18.4 Å². The van der Waals surface area contributed by atoms with Crippen molar-refractivity contribution in [1.82, 2.24) is 0 Å². The summed E-state index contributed by atoms with van der Waals surface area (Å²) in [6, 6.07) is 9.82. The smallest absolute Gasteiger partial charge is 0.338 e. The Balaban J connectivity index is 1.99. The molecule has 1 unspecified atom stereocenters. The van der Waals surface area contributed by atoms with Gasteiger partial charge in [-0.1, -0.05) is 37.3 Å². The second-order valence-electron chi connectivity index (χ2n) is 3.59. The highest BCUT2D eigenvalue weighted by molar-refractivity contribution is 5.76. The van der Waals surface area contributed by atoms with Crippen LogP contribution in [0.25, 0.3) is 0 Å². The van der Waals surface area contributed by atoms with Gasteiger partial charge in [0.15, 0.2) is 6.10 Å². The Morgan fingerprint density at radius 1 is 1.27 bits per heavy atom. The van der Waals surface area contributed by atoms with Crippen LogP contribution < -0.4 is 0 Å². The number of rotatable bonds is 3. The summed E-state index contributed by atoms with van der Waals surface area (Å²) in [4.78, 5) is 11.4. The minimum atomic E-state index is -0.433. The van der Waals surface area contributed by atoms with Crippen molar-refractivity contribution < 1.29 is 14.3 Å². The van der Waals surface area contributed by atoms with E-state index >= 15 is 0 Å². The maximum atomic E-state index is 11.4. The maximum Gasteiger partial charge on any atom is 0.338 e. The predicted molar refractivity (Wildman–Crippen MR) is 55.2 cm³/mol. The van der Waals surface area contributed by atoms with Crippen LogP contribution in [0.5, 0.6) is 0 Å². The van der Waals surface area contributed by atoms with Gasteiger partial charge < -0.3 is 9.47 Å². The highest BCUT2D eigenvalue weighted by Gasteiger charge is 2.33. The molecule has 1 heterocycles. The lowest BCUT2D eigenvalue weighted by Gasteiger charge is -2.06. The number of carbonyl (C=O) groups excluding carboxylic acids is 1. The molecule has 2 atom stereocenters. The molecular weight excluding hydrogens is 192 g/mol. The summed E-state index contributed by atoms with van der Waals surface area (Å²) in [5.41, 5.74) is 1.09. The first-order valence-electron chi connectivity index (χ1n) is 5.19. The zero-order valence-corrected chi connectivity index (χ0v) is 8.68. The van der Waals surface area contributed by atoms with Gasteiger partial charge in [-0.25, -0.2) is 4.79 Å². The van der Waals surface area contributed by atoms with E-state index in [1.165, 1.54) is 0 Å². The van der Waals surface area contributed by atoms with Crippen molar-refractivity contribution in [2.45, 2.75) is 32.2 Å². The number of cyclic esters (lactones) is 1. The molecule has 1 aliphatic heterocycles. The Morgan fingerprint density at radius 2 is 2.00 bits per heavy atom. The van der Waals surface area contributed by atoms with Gasteiger partial charge in [0.05, 0.1) is 0 Å². The molecule has 1 fully saturated rings. The van der Waals surface area contributed by atoms with Crippen LogP contribution in [0.1, 0.15) is 18.9 Å². The largest absolute Gasteiger partial charge is 0.434 e. The normalized spacial score (nSPS) is 25.3. The fourth-order valence-electron chi connectivity index (χ4n) is 1.61. The molecular formula is C12H14O3. The molecule has 0 amide bonds. The summed E-state index contributed by atoms with van der Waals surface area (Å²) >= 11 is 0. The maximum absolute atomic E-state index is 11.4. The van der Waals surface area contributed by atoms with Crippen LogP contribution in [0.4, 0.5) is 0 Å². The van der Waals surface area contributed by atoms with Crippen molar-refractivity contribution >= 4 is 5.97 Å². The monoisotopic (exact) mass is 206 g/mol. The SMILES string of the molecule is CCC1OC(=O)[C@H](Cc2ccccc2)O1. The summed E-state index contributed by atoms with van der Waals surface area (Å²) in [5, 5.41) is 0. The highest BCUT2D eigenvalue weighted by atomic mass is 16.7. The molecule has 0 saturated carbocycles. The van der Waals surface area contributed by atoms with Crippen molar-refractivity contribution in [3.8, 4) is 0 Å². The first-order chi connectivity index (χ1) is 7.29.